The summed E-state index contributed by atoms with van der Waals surface area (Å²) < 4.78 is 27.8. The standard InChI is InChI=1S/C19H31N5O4S.ClH/c1-13(2)11-17(24-29(27,28)16-8-6-14(3)7-9-16)18(26)23-15(12-25)5-4-10-22-19(20)21;/h6-9,12-13,15,17,24H,4-5,10-11H2,1-3H3,(H,23,26)(H4,20,21,22);1H/t15-,17-;/m0./s1. The van der Waals surface area contributed by atoms with Gasteiger partial charge in [-0.2, -0.15) is 4.72 Å². The van der Waals surface area contributed by atoms with Crippen LogP contribution in [-0.2, 0) is 19.6 Å². The van der Waals surface area contributed by atoms with Gasteiger partial charge in [0.15, 0.2) is 5.96 Å². The molecule has 0 aromatic heterocycles. The van der Waals surface area contributed by atoms with Crippen LogP contribution in [0.5, 0.6) is 0 Å². The van der Waals surface area contributed by atoms with Crippen molar-refractivity contribution in [2.75, 3.05) is 6.54 Å². The van der Waals surface area contributed by atoms with Crippen molar-refractivity contribution in [3.63, 3.8) is 0 Å². The highest BCUT2D eigenvalue weighted by atomic mass is 35.5. The Morgan fingerprint density at radius 3 is 2.33 bits per heavy atom. The summed E-state index contributed by atoms with van der Waals surface area (Å²) in [5.41, 5.74) is 6.12. The molecule has 0 aliphatic heterocycles. The van der Waals surface area contributed by atoms with Gasteiger partial charge in [0.1, 0.15) is 12.3 Å². The number of sulfonamides is 1. The minimum atomic E-state index is -3.89. The molecule has 2 atom stereocenters. The Kier molecular flexibility index (Phi) is 12.2. The number of carbonyl (C=O) groups excluding carboxylic acids is 2. The summed E-state index contributed by atoms with van der Waals surface area (Å²) in [4.78, 5) is 24.1. The third-order valence-electron chi connectivity index (χ3n) is 4.15. The van der Waals surface area contributed by atoms with Crippen molar-refractivity contribution in [1.82, 2.24) is 15.4 Å². The molecule has 0 heterocycles. The van der Waals surface area contributed by atoms with E-state index in [0.717, 1.165) is 5.56 Å². The van der Waals surface area contributed by atoms with Crippen molar-refractivity contribution >= 4 is 40.6 Å². The van der Waals surface area contributed by atoms with Gasteiger partial charge in [-0.3, -0.25) is 10.2 Å². The van der Waals surface area contributed by atoms with Gasteiger partial charge < -0.3 is 21.2 Å². The highest BCUT2D eigenvalue weighted by molar-refractivity contribution is 7.89. The Bertz CT molecular complexity index is 800. The van der Waals surface area contributed by atoms with Crippen molar-refractivity contribution in [3.8, 4) is 0 Å². The Balaban J connectivity index is 0.00000841. The number of rotatable bonds is 12. The lowest BCUT2D eigenvalue weighted by Crippen LogP contribution is -2.50. The highest BCUT2D eigenvalue weighted by Gasteiger charge is 2.27. The summed E-state index contributed by atoms with van der Waals surface area (Å²) in [6.45, 7) is 6.01. The van der Waals surface area contributed by atoms with Crippen LogP contribution in [0, 0.1) is 18.3 Å². The van der Waals surface area contributed by atoms with E-state index in [2.05, 4.69) is 15.4 Å². The van der Waals surface area contributed by atoms with Crippen LogP contribution in [0.25, 0.3) is 0 Å². The molecule has 170 valence electrons. The maximum absolute atomic E-state index is 12.7. The number of guanidine groups is 1. The van der Waals surface area contributed by atoms with Crippen molar-refractivity contribution in [2.24, 2.45) is 11.7 Å². The summed E-state index contributed by atoms with van der Waals surface area (Å²) >= 11 is 0. The fourth-order valence-corrected chi connectivity index (χ4v) is 3.86. The molecule has 1 amide bonds. The van der Waals surface area contributed by atoms with E-state index in [1.165, 1.54) is 12.1 Å². The van der Waals surface area contributed by atoms with Gasteiger partial charge >= 0.3 is 0 Å². The Morgan fingerprint density at radius 2 is 1.83 bits per heavy atom. The lowest BCUT2D eigenvalue weighted by molar-refractivity contribution is -0.125. The van der Waals surface area contributed by atoms with Crippen LogP contribution in [0.15, 0.2) is 29.2 Å². The number of carbonyl (C=O) groups is 2. The molecule has 1 aromatic carbocycles. The monoisotopic (exact) mass is 461 g/mol. The zero-order chi connectivity index (χ0) is 22.0. The van der Waals surface area contributed by atoms with Gasteiger partial charge in [-0.05, 0) is 44.2 Å². The van der Waals surface area contributed by atoms with E-state index in [4.69, 9.17) is 11.1 Å². The first-order valence-electron chi connectivity index (χ1n) is 9.47. The number of benzene rings is 1. The minimum Gasteiger partial charge on any atom is -0.370 e. The normalized spacial score (nSPS) is 13.1. The lowest BCUT2D eigenvalue weighted by atomic mass is 10.0. The molecule has 0 spiro atoms. The molecule has 0 saturated heterocycles. The van der Waals surface area contributed by atoms with E-state index in [1.54, 1.807) is 12.1 Å². The first-order chi connectivity index (χ1) is 13.5. The van der Waals surface area contributed by atoms with Crippen LogP contribution in [0.4, 0.5) is 0 Å². The topological polar surface area (TPSA) is 154 Å². The molecule has 0 bridgehead atoms. The molecule has 0 unspecified atom stereocenters. The lowest BCUT2D eigenvalue weighted by Gasteiger charge is -2.22. The molecule has 0 radical (unpaired) electrons. The predicted octanol–water partition coefficient (Wildman–Crippen LogP) is 1.06. The Labute approximate surface area is 184 Å². The fourth-order valence-electron chi connectivity index (χ4n) is 2.66. The van der Waals surface area contributed by atoms with Crippen LogP contribution in [-0.4, -0.2) is 45.2 Å². The zero-order valence-electron chi connectivity index (χ0n) is 17.5. The molecule has 1 rings (SSSR count). The second-order valence-corrected chi connectivity index (χ2v) is 9.06. The third kappa shape index (κ3) is 10.0. The molecule has 6 N–H and O–H groups in total. The van der Waals surface area contributed by atoms with E-state index in [-0.39, 0.29) is 35.6 Å². The summed E-state index contributed by atoms with van der Waals surface area (Å²) in [6, 6.07) is 4.58. The van der Waals surface area contributed by atoms with E-state index in [9.17, 15) is 18.0 Å². The number of aryl methyl sites for hydroxylation is 1. The Morgan fingerprint density at radius 1 is 1.23 bits per heavy atom. The van der Waals surface area contributed by atoms with Crippen molar-refractivity contribution in [2.45, 2.75) is 57.0 Å². The molecule has 1 aromatic rings. The van der Waals surface area contributed by atoms with E-state index >= 15 is 0 Å². The SMILES string of the molecule is Cc1ccc(S(=O)(=O)N[C@@H](CC(C)C)C(=O)N[C@H](C=O)CCCNC(=N)N)cc1.Cl. The minimum absolute atomic E-state index is 0. The molecular weight excluding hydrogens is 430 g/mol. The van der Waals surface area contributed by atoms with Crippen LogP contribution >= 0.6 is 12.4 Å². The zero-order valence-corrected chi connectivity index (χ0v) is 19.1. The van der Waals surface area contributed by atoms with Gasteiger partial charge in [-0.25, -0.2) is 8.42 Å². The fraction of sp³-hybridized carbons (Fsp3) is 0.526. The van der Waals surface area contributed by atoms with Crippen LogP contribution in [0.1, 0.15) is 38.7 Å². The van der Waals surface area contributed by atoms with Crippen LogP contribution in [0.2, 0.25) is 0 Å². The quantitative estimate of drug-likeness (QED) is 0.136. The second kappa shape index (κ2) is 13.2. The smallest absolute Gasteiger partial charge is 0.241 e. The van der Waals surface area contributed by atoms with Crippen LogP contribution in [0.3, 0.4) is 0 Å². The number of aldehydes is 1. The van der Waals surface area contributed by atoms with Crippen LogP contribution < -0.4 is 21.1 Å². The first kappa shape index (κ1) is 27.8. The van der Waals surface area contributed by atoms with E-state index in [0.29, 0.717) is 25.7 Å². The van der Waals surface area contributed by atoms with Gasteiger partial charge in [0.05, 0.1) is 10.9 Å². The van der Waals surface area contributed by atoms with Crippen molar-refractivity contribution in [1.29, 1.82) is 5.41 Å². The number of hydrogen-bond donors (Lipinski definition) is 5. The maximum Gasteiger partial charge on any atom is 0.241 e. The van der Waals surface area contributed by atoms with Gasteiger partial charge in [-0.1, -0.05) is 31.5 Å². The van der Waals surface area contributed by atoms with Crippen molar-refractivity contribution < 1.29 is 18.0 Å². The molecule has 9 nitrogen and oxygen atoms in total. The molecule has 0 aliphatic rings. The van der Waals surface area contributed by atoms with E-state index in [1.807, 2.05) is 20.8 Å². The maximum atomic E-state index is 12.7. The summed E-state index contributed by atoms with van der Waals surface area (Å²) in [7, 11) is -3.89. The third-order valence-corrected chi connectivity index (χ3v) is 5.64. The van der Waals surface area contributed by atoms with E-state index < -0.39 is 28.0 Å². The second-order valence-electron chi connectivity index (χ2n) is 7.35. The molecule has 11 heteroatoms. The molecule has 30 heavy (non-hydrogen) atoms. The Hall–Kier alpha value is -2.17. The number of halogens is 1. The number of nitrogens with one attached hydrogen (secondary N) is 4. The van der Waals surface area contributed by atoms with Gasteiger partial charge in [0, 0.05) is 6.54 Å². The predicted molar refractivity (Wildman–Crippen MR) is 119 cm³/mol. The summed E-state index contributed by atoms with van der Waals surface area (Å²) in [6.07, 6.45) is 1.75. The average Bonchev–Trinajstić information content (AvgIpc) is 2.63. The highest BCUT2D eigenvalue weighted by Crippen LogP contribution is 2.13. The first-order valence-corrected chi connectivity index (χ1v) is 11.0. The largest absolute Gasteiger partial charge is 0.370 e. The number of amides is 1. The van der Waals surface area contributed by atoms with Gasteiger partial charge in [0.25, 0.3) is 0 Å². The molecular formula is C19H32ClN5O4S. The number of nitrogens with two attached hydrogens (primary N) is 1. The summed E-state index contributed by atoms with van der Waals surface area (Å²) in [5.74, 6) is -0.661. The van der Waals surface area contributed by atoms with Gasteiger partial charge in [0.2, 0.25) is 15.9 Å². The van der Waals surface area contributed by atoms with Crippen molar-refractivity contribution in [3.05, 3.63) is 29.8 Å². The van der Waals surface area contributed by atoms with Gasteiger partial charge in [-0.15, -0.1) is 12.4 Å². The average molecular weight is 462 g/mol. The molecule has 0 fully saturated rings. The summed E-state index contributed by atoms with van der Waals surface area (Å²) in [5, 5.41) is 12.3. The number of hydrogen-bond acceptors (Lipinski definition) is 5. The molecule has 0 saturated carbocycles. The molecule has 0 aliphatic carbocycles.